The van der Waals surface area contributed by atoms with Gasteiger partial charge in [-0.05, 0) is 51.6 Å². The third-order valence-electron chi connectivity index (χ3n) is 3.39. The lowest BCUT2D eigenvalue weighted by molar-refractivity contribution is 0.298. The van der Waals surface area contributed by atoms with Crippen LogP contribution in [-0.4, -0.2) is 16.8 Å². The Morgan fingerprint density at radius 2 is 1.85 bits per heavy atom. The van der Waals surface area contributed by atoms with E-state index in [-0.39, 0.29) is 0 Å². The molecule has 0 amide bonds. The van der Waals surface area contributed by atoms with Gasteiger partial charge in [-0.15, -0.1) is 0 Å². The summed E-state index contributed by atoms with van der Waals surface area (Å²) in [4.78, 5) is 0. The molecule has 0 saturated carbocycles. The highest BCUT2D eigenvalue weighted by Gasteiger charge is 2.04. The predicted molar refractivity (Wildman–Crippen MR) is 80.9 cm³/mol. The predicted octanol–water partition coefficient (Wildman–Crippen LogP) is 3.32. The van der Waals surface area contributed by atoms with Gasteiger partial charge in [-0.2, -0.15) is 5.10 Å². The molecular formula is C16H23N3O. The van der Waals surface area contributed by atoms with Crippen molar-refractivity contribution in [1.82, 2.24) is 15.1 Å². The van der Waals surface area contributed by atoms with Crippen molar-refractivity contribution >= 4 is 0 Å². The van der Waals surface area contributed by atoms with Gasteiger partial charge in [0.1, 0.15) is 12.4 Å². The molecule has 0 radical (unpaired) electrons. The summed E-state index contributed by atoms with van der Waals surface area (Å²) in [5.41, 5.74) is 2.20. The van der Waals surface area contributed by atoms with Gasteiger partial charge in [-0.1, -0.05) is 12.1 Å². The number of benzene rings is 1. The van der Waals surface area contributed by atoms with E-state index >= 15 is 0 Å². The molecule has 4 nitrogen and oxygen atoms in total. The fourth-order valence-corrected chi connectivity index (χ4v) is 1.92. The van der Waals surface area contributed by atoms with Crippen molar-refractivity contribution in [2.75, 3.05) is 7.05 Å². The van der Waals surface area contributed by atoms with Crippen LogP contribution in [0.25, 0.3) is 0 Å². The number of nitrogens with zero attached hydrogens (tertiary/aromatic N) is 2. The molecule has 4 heteroatoms. The lowest BCUT2D eigenvalue weighted by Crippen LogP contribution is -2.11. The second-order valence-corrected chi connectivity index (χ2v) is 5.25. The molecule has 20 heavy (non-hydrogen) atoms. The quantitative estimate of drug-likeness (QED) is 0.877. The second-order valence-electron chi connectivity index (χ2n) is 5.25. The van der Waals surface area contributed by atoms with E-state index in [0.29, 0.717) is 18.7 Å². The van der Waals surface area contributed by atoms with Crippen LogP contribution in [0.2, 0.25) is 0 Å². The van der Waals surface area contributed by atoms with E-state index in [1.165, 1.54) is 5.56 Å². The molecule has 1 aromatic carbocycles. The monoisotopic (exact) mass is 273 g/mol. The Bertz CT molecular complexity index is 531. The smallest absolute Gasteiger partial charge is 0.132 e. The molecular weight excluding hydrogens is 250 g/mol. The molecule has 0 bridgehead atoms. The summed E-state index contributed by atoms with van der Waals surface area (Å²) in [6.07, 6.45) is 1.99. The van der Waals surface area contributed by atoms with Crippen molar-refractivity contribution in [1.29, 1.82) is 0 Å². The number of hydrogen-bond acceptors (Lipinski definition) is 3. The average Bonchev–Trinajstić information content (AvgIpc) is 2.94. The van der Waals surface area contributed by atoms with Gasteiger partial charge < -0.3 is 10.1 Å². The van der Waals surface area contributed by atoms with Crippen LogP contribution in [0.5, 0.6) is 5.75 Å². The van der Waals surface area contributed by atoms with Crippen molar-refractivity contribution in [2.45, 2.75) is 39.5 Å². The van der Waals surface area contributed by atoms with E-state index in [4.69, 9.17) is 4.74 Å². The normalized spacial score (nSPS) is 12.7. The van der Waals surface area contributed by atoms with E-state index < -0.39 is 0 Å². The van der Waals surface area contributed by atoms with Gasteiger partial charge >= 0.3 is 0 Å². The zero-order valence-corrected chi connectivity index (χ0v) is 12.6. The van der Waals surface area contributed by atoms with Gasteiger partial charge in [0.05, 0.1) is 5.69 Å². The highest BCUT2D eigenvalue weighted by Crippen LogP contribution is 2.18. The number of nitrogens with one attached hydrogen (secondary N) is 1. The number of rotatable bonds is 6. The SMILES string of the molecule is CNC(C)c1ccc(OCc2ccn(C(C)C)n2)cc1. The molecule has 1 unspecified atom stereocenters. The number of hydrogen-bond donors (Lipinski definition) is 1. The standard InChI is InChI=1S/C16H23N3O/c1-12(2)19-10-9-15(18-19)11-20-16-7-5-14(6-8-16)13(3)17-4/h5-10,12-13,17H,11H2,1-4H3. The van der Waals surface area contributed by atoms with Crippen LogP contribution in [0.4, 0.5) is 0 Å². The van der Waals surface area contributed by atoms with Crippen LogP contribution in [0.1, 0.15) is 44.1 Å². The van der Waals surface area contributed by atoms with E-state index in [1.54, 1.807) is 0 Å². The van der Waals surface area contributed by atoms with Crippen LogP contribution in [-0.2, 0) is 6.61 Å². The Hall–Kier alpha value is -1.81. The fraction of sp³-hybridized carbons (Fsp3) is 0.438. The molecule has 0 spiro atoms. The minimum absolute atomic E-state index is 0.353. The first-order valence-electron chi connectivity index (χ1n) is 7.04. The van der Waals surface area contributed by atoms with Crippen molar-refractivity contribution in [3.05, 3.63) is 47.8 Å². The maximum atomic E-state index is 5.76. The van der Waals surface area contributed by atoms with Gasteiger partial charge in [0.15, 0.2) is 0 Å². The Morgan fingerprint density at radius 3 is 2.40 bits per heavy atom. The number of ether oxygens (including phenoxy) is 1. The zero-order chi connectivity index (χ0) is 14.5. The third-order valence-corrected chi connectivity index (χ3v) is 3.39. The van der Waals surface area contributed by atoms with Gasteiger partial charge in [0.2, 0.25) is 0 Å². The van der Waals surface area contributed by atoms with Crippen LogP contribution >= 0.6 is 0 Å². The van der Waals surface area contributed by atoms with E-state index in [0.717, 1.165) is 11.4 Å². The van der Waals surface area contributed by atoms with Crippen LogP contribution < -0.4 is 10.1 Å². The molecule has 2 rings (SSSR count). The maximum Gasteiger partial charge on any atom is 0.132 e. The van der Waals surface area contributed by atoms with Crippen molar-refractivity contribution in [3.8, 4) is 5.75 Å². The lowest BCUT2D eigenvalue weighted by atomic mass is 10.1. The molecule has 0 saturated heterocycles. The van der Waals surface area contributed by atoms with Gasteiger partial charge in [-0.3, -0.25) is 4.68 Å². The van der Waals surface area contributed by atoms with Crippen LogP contribution in [0, 0.1) is 0 Å². The molecule has 1 N–H and O–H groups in total. The molecule has 0 aliphatic heterocycles. The highest BCUT2D eigenvalue weighted by atomic mass is 16.5. The topological polar surface area (TPSA) is 39.1 Å². The van der Waals surface area contributed by atoms with Crippen molar-refractivity contribution in [2.24, 2.45) is 0 Å². The van der Waals surface area contributed by atoms with Gasteiger partial charge in [0, 0.05) is 18.3 Å². The maximum absolute atomic E-state index is 5.76. The van der Waals surface area contributed by atoms with Gasteiger partial charge in [0.25, 0.3) is 0 Å². The van der Waals surface area contributed by atoms with Crippen LogP contribution in [0.15, 0.2) is 36.5 Å². The third kappa shape index (κ3) is 3.61. The molecule has 1 heterocycles. The average molecular weight is 273 g/mol. The van der Waals surface area contributed by atoms with E-state index in [2.05, 4.69) is 43.3 Å². The van der Waals surface area contributed by atoms with Crippen LogP contribution in [0.3, 0.4) is 0 Å². The summed E-state index contributed by atoms with van der Waals surface area (Å²) in [5.74, 6) is 0.871. The molecule has 0 fully saturated rings. The Morgan fingerprint density at radius 1 is 1.15 bits per heavy atom. The summed E-state index contributed by atoms with van der Waals surface area (Å²) >= 11 is 0. The summed E-state index contributed by atoms with van der Waals surface area (Å²) in [6.45, 7) is 6.85. The van der Waals surface area contributed by atoms with E-state index in [9.17, 15) is 0 Å². The molecule has 1 atom stereocenters. The molecule has 1 aromatic heterocycles. The fourth-order valence-electron chi connectivity index (χ4n) is 1.92. The largest absolute Gasteiger partial charge is 0.487 e. The Kier molecular flexibility index (Phi) is 4.79. The minimum Gasteiger partial charge on any atom is -0.487 e. The molecule has 2 aromatic rings. The summed E-state index contributed by atoms with van der Waals surface area (Å²) in [7, 11) is 1.96. The Balaban J connectivity index is 1.93. The van der Waals surface area contributed by atoms with Crippen molar-refractivity contribution in [3.63, 3.8) is 0 Å². The van der Waals surface area contributed by atoms with Gasteiger partial charge in [-0.25, -0.2) is 0 Å². The molecule has 0 aliphatic rings. The second kappa shape index (κ2) is 6.57. The van der Waals surface area contributed by atoms with Crippen molar-refractivity contribution < 1.29 is 4.74 Å². The highest BCUT2D eigenvalue weighted by molar-refractivity contribution is 5.29. The summed E-state index contributed by atoms with van der Waals surface area (Å²) < 4.78 is 7.70. The number of aromatic nitrogens is 2. The summed E-state index contributed by atoms with van der Waals surface area (Å²) in [6, 6.07) is 10.9. The molecule has 108 valence electrons. The molecule has 0 aliphatic carbocycles. The first-order chi connectivity index (χ1) is 9.60. The first kappa shape index (κ1) is 14.6. The Labute approximate surface area is 120 Å². The lowest BCUT2D eigenvalue weighted by Gasteiger charge is -2.11. The minimum atomic E-state index is 0.353. The zero-order valence-electron chi connectivity index (χ0n) is 12.6. The first-order valence-corrected chi connectivity index (χ1v) is 7.04. The summed E-state index contributed by atoms with van der Waals surface area (Å²) in [5, 5.41) is 7.68. The van der Waals surface area contributed by atoms with E-state index in [1.807, 2.05) is 36.1 Å².